The second-order valence-electron chi connectivity index (χ2n) is 2.85. The Hall–Kier alpha value is -1.05. The van der Waals surface area contributed by atoms with E-state index in [9.17, 15) is 0 Å². The summed E-state index contributed by atoms with van der Waals surface area (Å²) in [6.07, 6.45) is 3.70. The van der Waals surface area contributed by atoms with Crippen molar-refractivity contribution in [3.63, 3.8) is 0 Å². The van der Waals surface area contributed by atoms with Crippen LogP contribution in [-0.4, -0.2) is 4.98 Å². The number of thiophene rings is 1. The Labute approximate surface area is 94.3 Å². The van der Waals surface area contributed by atoms with Gasteiger partial charge in [-0.15, -0.1) is 11.3 Å². The highest BCUT2D eigenvalue weighted by Gasteiger charge is 2.15. The van der Waals surface area contributed by atoms with Gasteiger partial charge in [-0.3, -0.25) is 0 Å². The molecular weight excluding hydrogens is 260 g/mol. The SMILES string of the molecule is N#CC(c1cc[nH]c1)c1ccc(Br)s1. The zero-order chi connectivity index (χ0) is 9.97. The highest BCUT2D eigenvalue weighted by molar-refractivity contribution is 9.11. The number of nitrogens with zero attached hydrogens (tertiary/aromatic N) is 1. The lowest BCUT2D eigenvalue weighted by molar-refractivity contribution is 1.07. The molecule has 0 aromatic carbocycles. The van der Waals surface area contributed by atoms with Crippen molar-refractivity contribution < 1.29 is 0 Å². The fourth-order valence-electron chi connectivity index (χ4n) is 1.30. The fourth-order valence-corrected chi connectivity index (χ4v) is 2.80. The molecule has 0 bridgehead atoms. The second-order valence-corrected chi connectivity index (χ2v) is 5.34. The Morgan fingerprint density at radius 1 is 1.43 bits per heavy atom. The van der Waals surface area contributed by atoms with Gasteiger partial charge in [0.25, 0.3) is 0 Å². The molecule has 0 aliphatic heterocycles. The van der Waals surface area contributed by atoms with E-state index in [4.69, 9.17) is 5.26 Å². The molecule has 1 unspecified atom stereocenters. The third kappa shape index (κ3) is 1.74. The minimum Gasteiger partial charge on any atom is -0.367 e. The van der Waals surface area contributed by atoms with E-state index in [0.29, 0.717) is 0 Å². The van der Waals surface area contributed by atoms with Crippen molar-refractivity contribution in [2.24, 2.45) is 0 Å². The number of nitrogens with one attached hydrogen (secondary N) is 1. The summed E-state index contributed by atoms with van der Waals surface area (Å²) in [6.45, 7) is 0. The number of nitriles is 1. The van der Waals surface area contributed by atoms with E-state index in [1.165, 1.54) is 0 Å². The average Bonchev–Trinajstić information content (AvgIpc) is 2.79. The van der Waals surface area contributed by atoms with Crippen LogP contribution in [0.2, 0.25) is 0 Å². The molecule has 1 N–H and O–H groups in total. The number of halogens is 1. The van der Waals surface area contributed by atoms with Gasteiger partial charge >= 0.3 is 0 Å². The molecule has 0 aliphatic rings. The molecule has 2 heterocycles. The minimum absolute atomic E-state index is 0.155. The first kappa shape index (κ1) is 9.50. The van der Waals surface area contributed by atoms with E-state index >= 15 is 0 Å². The monoisotopic (exact) mass is 266 g/mol. The average molecular weight is 267 g/mol. The highest BCUT2D eigenvalue weighted by Crippen LogP contribution is 2.32. The summed E-state index contributed by atoms with van der Waals surface area (Å²) in [5.41, 5.74) is 1.02. The maximum Gasteiger partial charge on any atom is 0.107 e. The predicted molar refractivity (Wildman–Crippen MR) is 60.3 cm³/mol. The predicted octanol–water partition coefficient (Wildman–Crippen LogP) is 3.49. The maximum atomic E-state index is 9.09. The number of aromatic nitrogens is 1. The van der Waals surface area contributed by atoms with Crippen LogP contribution in [0.4, 0.5) is 0 Å². The van der Waals surface area contributed by atoms with Gasteiger partial charge in [-0.2, -0.15) is 5.26 Å². The lowest BCUT2D eigenvalue weighted by atomic mass is 10.0. The molecule has 0 radical (unpaired) electrons. The third-order valence-electron chi connectivity index (χ3n) is 1.96. The van der Waals surface area contributed by atoms with Crippen LogP contribution >= 0.6 is 27.3 Å². The Morgan fingerprint density at radius 3 is 2.79 bits per heavy atom. The molecule has 70 valence electrons. The smallest absolute Gasteiger partial charge is 0.107 e. The molecule has 2 aromatic rings. The summed E-state index contributed by atoms with van der Waals surface area (Å²) in [4.78, 5) is 4.03. The molecular formula is C10H7BrN2S. The van der Waals surface area contributed by atoms with Crippen LogP contribution in [0.1, 0.15) is 16.4 Å². The van der Waals surface area contributed by atoms with Crippen LogP contribution in [0.5, 0.6) is 0 Å². The van der Waals surface area contributed by atoms with Gasteiger partial charge in [0.05, 0.1) is 9.86 Å². The van der Waals surface area contributed by atoms with E-state index in [2.05, 4.69) is 27.0 Å². The van der Waals surface area contributed by atoms with Crippen molar-refractivity contribution in [2.45, 2.75) is 5.92 Å². The summed E-state index contributed by atoms with van der Waals surface area (Å²) in [5.74, 6) is -0.155. The maximum absolute atomic E-state index is 9.09. The van der Waals surface area contributed by atoms with Crippen molar-refractivity contribution in [1.82, 2.24) is 4.98 Å². The number of aromatic amines is 1. The van der Waals surface area contributed by atoms with Crippen LogP contribution in [0.25, 0.3) is 0 Å². The van der Waals surface area contributed by atoms with Crippen molar-refractivity contribution in [3.05, 3.63) is 44.8 Å². The number of H-pyrrole nitrogens is 1. The summed E-state index contributed by atoms with van der Waals surface area (Å²) >= 11 is 4.99. The molecule has 2 rings (SSSR count). The first-order chi connectivity index (χ1) is 6.81. The molecule has 0 saturated carbocycles. The van der Waals surface area contributed by atoms with Gasteiger partial charge in [-0.05, 0) is 39.7 Å². The van der Waals surface area contributed by atoms with Crippen molar-refractivity contribution in [1.29, 1.82) is 5.26 Å². The molecule has 2 nitrogen and oxygen atoms in total. The zero-order valence-corrected chi connectivity index (χ0v) is 9.60. The molecule has 0 spiro atoms. The Kier molecular flexibility index (Phi) is 2.71. The van der Waals surface area contributed by atoms with Gasteiger partial charge in [0.15, 0.2) is 0 Å². The van der Waals surface area contributed by atoms with Crippen LogP contribution in [0.15, 0.2) is 34.4 Å². The summed E-state index contributed by atoms with van der Waals surface area (Å²) in [5, 5.41) is 9.09. The fraction of sp³-hybridized carbons (Fsp3) is 0.100. The summed E-state index contributed by atoms with van der Waals surface area (Å²) in [6, 6.07) is 8.19. The van der Waals surface area contributed by atoms with Gasteiger partial charge in [0.1, 0.15) is 5.92 Å². The highest BCUT2D eigenvalue weighted by atomic mass is 79.9. The Bertz CT molecular complexity index is 453. The normalized spacial score (nSPS) is 12.3. The Balaban J connectivity index is 2.37. The quantitative estimate of drug-likeness (QED) is 0.888. The van der Waals surface area contributed by atoms with E-state index in [1.807, 2.05) is 30.6 Å². The van der Waals surface area contributed by atoms with Gasteiger partial charge in [-0.1, -0.05) is 0 Å². The second kappa shape index (κ2) is 3.99. The topological polar surface area (TPSA) is 39.6 Å². The van der Waals surface area contributed by atoms with E-state index in [1.54, 1.807) is 11.3 Å². The number of hydrogen-bond donors (Lipinski definition) is 1. The molecule has 0 aliphatic carbocycles. The lowest BCUT2D eigenvalue weighted by Gasteiger charge is -2.02. The van der Waals surface area contributed by atoms with Crippen LogP contribution in [-0.2, 0) is 0 Å². The summed E-state index contributed by atoms with van der Waals surface area (Å²) in [7, 11) is 0. The largest absolute Gasteiger partial charge is 0.367 e. The number of rotatable bonds is 2. The van der Waals surface area contributed by atoms with E-state index in [0.717, 1.165) is 14.2 Å². The van der Waals surface area contributed by atoms with Crippen molar-refractivity contribution in [3.8, 4) is 6.07 Å². The molecule has 4 heteroatoms. The zero-order valence-electron chi connectivity index (χ0n) is 7.20. The molecule has 2 aromatic heterocycles. The van der Waals surface area contributed by atoms with Crippen molar-refractivity contribution >= 4 is 27.3 Å². The van der Waals surface area contributed by atoms with E-state index < -0.39 is 0 Å². The molecule has 14 heavy (non-hydrogen) atoms. The van der Waals surface area contributed by atoms with Gasteiger partial charge in [0, 0.05) is 17.3 Å². The third-order valence-corrected chi connectivity index (χ3v) is 3.65. The molecule has 0 fully saturated rings. The van der Waals surface area contributed by atoms with Crippen LogP contribution in [0.3, 0.4) is 0 Å². The Morgan fingerprint density at radius 2 is 2.29 bits per heavy atom. The summed E-state index contributed by atoms with van der Waals surface area (Å²) < 4.78 is 1.06. The minimum atomic E-state index is -0.155. The van der Waals surface area contributed by atoms with Gasteiger partial charge in [0.2, 0.25) is 0 Å². The van der Waals surface area contributed by atoms with Crippen molar-refractivity contribution in [2.75, 3.05) is 0 Å². The molecule has 0 saturated heterocycles. The van der Waals surface area contributed by atoms with Crippen LogP contribution in [0, 0.1) is 11.3 Å². The molecule has 0 amide bonds. The first-order valence-electron chi connectivity index (χ1n) is 4.09. The van der Waals surface area contributed by atoms with E-state index in [-0.39, 0.29) is 5.92 Å². The lowest BCUT2D eigenvalue weighted by Crippen LogP contribution is -1.92. The first-order valence-corrected chi connectivity index (χ1v) is 5.70. The van der Waals surface area contributed by atoms with Gasteiger partial charge < -0.3 is 4.98 Å². The van der Waals surface area contributed by atoms with Gasteiger partial charge in [-0.25, -0.2) is 0 Å². The number of hydrogen-bond acceptors (Lipinski definition) is 2. The standard InChI is InChI=1S/C10H7BrN2S/c11-10-2-1-9(14-10)8(5-12)7-3-4-13-6-7/h1-4,6,8,13H. The molecule has 1 atom stereocenters. The van der Waals surface area contributed by atoms with Crippen LogP contribution < -0.4 is 0 Å².